The Kier molecular flexibility index (Phi) is 4.17. The predicted octanol–water partition coefficient (Wildman–Crippen LogP) is 3.64. The fourth-order valence-corrected chi connectivity index (χ4v) is 3.74. The average molecular weight is 355 g/mol. The second-order valence-corrected chi connectivity index (χ2v) is 6.95. The SMILES string of the molecule is Cn1cc(Cl)c(C(=O)N2CCC[C@H](c3cc4ccccc4cn3)C2)n1. The third kappa shape index (κ3) is 3.12. The van der Waals surface area contributed by atoms with Crippen LogP contribution in [0.3, 0.4) is 0 Å². The molecule has 25 heavy (non-hydrogen) atoms. The van der Waals surface area contributed by atoms with Crippen LogP contribution in [0.2, 0.25) is 5.02 Å². The zero-order valence-electron chi connectivity index (χ0n) is 14.0. The minimum Gasteiger partial charge on any atom is -0.337 e. The van der Waals surface area contributed by atoms with E-state index in [1.54, 1.807) is 17.9 Å². The molecule has 1 amide bonds. The third-order valence-corrected chi connectivity index (χ3v) is 5.04. The number of hydrogen-bond acceptors (Lipinski definition) is 3. The number of aromatic nitrogens is 3. The number of piperidine rings is 1. The highest BCUT2D eigenvalue weighted by molar-refractivity contribution is 6.33. The first-order valence-corrected chi connectivity index (χ1v) is 8.83. The Morgan fingerprint density at radius 1 is 1.28 bits per heavy atom. The van der Waals surface area contributed by atoms with Crippen LogP contribution in [0, 0.1) is 0 Å². The lowest BCUT2D eigenvalue weighted by Gasteiger charge is -2.32. The normalized spacial score (nSPS) is 17.8. The summed E-state index contributed by atoms with van der Waals surface area (Å²) in [7, 11) is 1.76. The molecule has 3 aromatic rings. The summed E-state index contributed by atoms with van der Waals surface area (Å²) >= 11 is 6.13. The van der Waals surface area contributed by atoms with Crippen LogP contribution in [-0.2, 0) is 7.05 Å². The first-order chi connectivity index (χ1) is 12.1. The number of amides is 1. The van der Waals surface area contributed by atoms with E-state index >= 15 is 0 Å². The van der Waals surface area contributed by atoms with Crippen molar-refractivity contribution in [2.45, 2.75) is 18.8 Å². The first-order valence-electron chi connectivity index (χ1n) is 8.45. The summed E-state index contributed by atoms with van der Waals surface area (Å²) in [6, 6.07) is 10.3. The molecule has 128 valence electrons. The lowest BCUT2D eigenvalue weighted by molar-refractivity contribution is 0.0699. The molecule has 1 atom stereocenters. The first kappa shape index (κ1) is 16.1. The molecule has 0 bridgehead atoms. The number of benzene rings is 1. The van der Waals surface area contributed by atoms with Gasteiger partial charge in [-0.15, -0.1) is 0 Å². The Bertz CT molecular complexity index is 936. The fraction of sp³-hybridized carbons (Fsp3) is 0.316. The van der Waals surface area contributed by atoms with Crippen LogP contribution < -0.4 is 0 Å². The van der Waals surface area contributed by atoms with Gasteiger partial charge in [0, 0.05) is 49.5 Å². The van der Waals surface area contributed by atoms with Crippen molar-refractivity contribution in [2.24, 2.45) is 7.05 Å². The van der Waals surface area contributed by atoms with Crippen molar-refractivity contribution in [3.8, 4) is 0 Å². The summed E-state index contributed by atoms with van der Waals surface area (Å²) in [6.07, 6.45) is 5.56. The molecule has 0 radical (unpaired) electrons. The number of aryl methyl sites for hydroxylation is 1. The van der Waals surface area contributed by atoms with Gasteiger partial charge in [-0.05, 0) is 24.3 Å². The Morgan fingerprint density at radius 3 is 2.84 bits per heavy atom. The standard InChI is InChI=1S/C19H19ClN4O/c1-23-12-16(20)18(22-23)19(25)24-8-4-7-15(11-24)17-9-13-5-2-3-6-14(13)10-21-17/h2-3,5-6,9-10,12,15H,4,7-8,11H2,1H3/t15-/m0/s1. The molecular formula is C19H19ClN4O. The Hall–Kier alpha value is -2.40. The van der Waals surface area contributed by atoms with Gasteiger partial charge in [0.1, 0.15) is 0 Å². The molecule has 1 fully saturated rings. The smallest absolute Gasteiger partial charge is 0.275 e. The molecule has 0 spiro atoms. The number of carbonyl (C=O) groups is 1. The van der Waals surface area contributed by atoms with Gasteiger partial charge in [0.05, 0.1) is 5.02 Å². The van der Waals surface area contributed by atoms with Gasteiger partial charge < -0.3 is 4.90 Å². The summed E-state index contributed by atoms with van der Waals surface area (Å²) in [6.45, 7) is 1.38. The molecule has 0 unspecified atom stereocenters. The monoisotopic (exact) mass is 354 g/mol. The molecule has 6 heteroatoms. The molecule has 0 N–H and O–H groups in total. The van der Waals surface area contributed by atoms with Crippen LogP contribution in [-0.4, -0.2) is 38.7 Å². The largest absolute Gasteiger partial charge is 0.337 e. The number of fused-ring (bicyclic) bond motifs is 1. The van der Waals surface area contributed by atoms with E-state index in [1.165, 1.54) is 5.39 Å². The molecule has 3 heterocycles. The molecular weight excluding hydrogens is 336 g/mol. The molecule has 0 saturated carbocycles. The van der Waals surface area contributed by atoms with Crippen LogP contribution in [0.1, 0.15) is 34.9 Å². The number of carbonyl (C=O) groups excluding carboxylic acids is 1. The number of halogens is 1. The van der Waals surface area contributed by atoms with Crippen LogP contribution in [0.25, 0.3) is 10.8 Å². The summed E-state index contributed by atoms with van der Waals surface area (Å²) < 4.78 is 1.57. The number of rotatable bonds is 2. The van der Waals surface area contributed by atoms with Crippen LogP contribution >= 0.6 is 11.6 Å². The van der Waals surface area contributed by atoms with Crippen molar-refractivity contribution >= 4 is 28.3 Å². The molecule has 1 aliphatic rings. The van der Waals surface area contributed by atoms with Crippen LogP contribution in [0.5, 0.6) is 0 Å². The Balaban J connectivity index is 1.57. The highest BCUT2D eigenvalue weighted by atomic mass is 35.5. The van der Waals surface area contributed by atoms with Gasteiger partial charge in [-0.1, -0.05) is 35.9 Å². The predicted molar refractivity (Wildman–Crippen MR) is 97.8 cm³/mol. The van der Waals surface area contributed by atoms with Crippen molar-refractivity contribution in [1.82, 2.24) is 19.7 Å². The molecule has 4 rings (SSSR count). The van der Waals surface area contributed by atoms with E-state index in [0.717, 1.165) is 30.5 Å². The van der Waals surface area contributed by atoms with Gasteiger partial charge in [-0.25, -0.2) is 0 Å². The second-order valence-electron chi connectivity index (χ2n) is 6.55. The van der Waals surface area contributed by atoms with E-state index in [9.17, 15) is 4.79 Å². The van der Waals surface area contributed by atoms with Gasteiger partial charge in [0.25, 0.3) is 5.91 Å². The molecule has 5 nitrogen and oxygen atoms in total. The molecule has 1 saturated heterocycles. The van der Waals surface area contributed by atoms with Gasteiger partial charge in [-0.2, -0.15) is 5.10 Å². The van der Waals surface area contributed by atoms with Crippen molar-refractivity contribution < 1.29 is 4.79 Å². The second kappa shape index (κ2) is 6.48. The highest BCUT2D eigenvalue weighted by Gasteiger charge is 2.28. The summed E-state index contributed by atoms with van der Waals surface area (Å²) in [4.78, 5) is 19.2. The van der Waals surface area contributed by atoms with Crippen LogP contribution in [0.4, 0.5) is 0 Å². The minimum atomic E-state index is -0.101. The summed E-state index contributed by atoms with van der Waals surface area (Å²) in [5.74, 6) is 0.140. The van der Waals surface area contributed by atoms with E-state index < -0.39 is 0 Å². The maximum absolute atomic E-state index is 12.8. The zero-order valence-corrected chi connectivity index (χ0v) is 14.8. The molecule has 0 aliphatic carbocycles. The topological polar surface area (TPSA) is 51.0 Å². The fourth-order valence-electron chi connectivity index (χ4n) is 3.48. The quantitative estimate of drug-likeness (QED) is 0.706. The van der Waals surface area contributed by atoms with Crippen molar-refractivity contribution in [3.63, 3.8) is 0 Å². The van der Waals surface area contributed by atoms with Gasteiger partial charge in [0.2, 0.25) is 0 Å². The molecule has 1 aliphatic heterocycles. The Morgan fingerprint density at radius 2 is 2.08 bits per heavy atom. The number of likely N-dealkylation sites (tertiary alicyclic amines) is 1. The average Bonchev–Trinajstić information content (AvgIpc) is 2.99. The van der Waals surface area contributed by atoms with Crippen molar-refractivity contribution in [1.29, 1.82) is 0 Å². The molecule has 2 aromatic heterocycles. The van der Waals surface area contributed by atoms with Gasteiger partial charge >= 0.3 is 0 Å². The van der Waals surface area contributed by atoms with Gasteiger partial charge in [0.15, 0.2) is 5.69 Å². The summed E-state index contributed by atoms with van der Waals surface area (Å²) in [5, 5.41) is 6.92. The highest BCUT2D eigenvalue weighted by Crippen LogP contribution is 2.29. The zero-order chi connectivity index (χ0) is 17.4. The van der Waals surface area contributed by atoms with E-state index in [-0.39, 0.29) is 11.8 Å². The minimum absolute atomic E-state index is 0.101. The number of nitrogens with zero attached hydrogens (tertiary/aromatic N) is 4. The number of hydrogen-bond donors (Lipinski definition) is 0. The maximum atomic E-state index is 12.8. The van der Waals surface area contributed by atoms with Gasteiger partial charge in [-0.3, -0.25) is 14.5 Å². The van der Waals surface area contributed by atoms with Crippen molar-refractivity contribution in [3.05, 3.63) is 59.1 Å². The van der Waals surface area contributed by atoms with E-state index in [1.807, 2.05) is 23.2 Å². The Labute approximate surface area is 151 Å². The third-order valence-electron chi connectivity index (χ3n) is 4.77. The lowest BCUT2D eigenvalue weighted by atomic mass is 9.93. The van der Waals surface area contributed by atoms with Crippen LogP contribution in [0.15, 0.2) is 42.7 Å². The molecule has 1 aromatic carbocycles. The van der Waals surface area contributed by atoms with Crippen molar-refractivity contribution in [2.75, 3.05) is 13.1 Å². The van der Waals surface area contributed by atoms with E-state index in [4.69, 9.17) is 11.6 Å². The maximum Gasteiger partial charge on any atom is 0.275 e. The number of pyridine rings is 1. The van der Waals surface area contributed by atoms with E-state index in [2.05, 4.69) is 28.3 Å². The summed E-state index contributed by atoms with van der Waals surface area (Å²) in [5.41, 5.74) is 1.37. The lowest BCUT2D eigenvalue weighted by Crippen LogP contribution is -2.39. The van der Waals surface area contributed by atoms with E-state index in [0.29, 0.717) is 17.3 Å².